The van der Waals surface area contributed by atoms with E-state index in [0.29, 0.717) is 23.8 Å². The summed E-state index contributed by atoms with van der Waals surface area (Å²) in [5.41, 5.74) is 1.51. The van der Waals surface area contributed by atoms with Crippen LogP contribution in [-0.4, -0.2) is 23.5 Å². The number of benzene rings is 3. The fourth-order valence-corrected chi connectivity index (χ4v) is 3.41. The molecule has 0 radical (unpaired) electrons. The van der Waals surface area contributed by atoms with E-state index in [2.05, 4.69) is 5.32 Å². The molecule has 6 nitrogen and oxygen atoms in total. The molecule has 0 atom stereocenters. The van der Waals surface area contributed by atoms with Gasteiger partial charge in [0.05, 0.1) is 18.9 Å². The van der Waals surface area contributed by atoms with Crippen LogP contribution in [0.3, 0.4) is 0 Å². The third kappa shape index (κ3) is 5.08. The monoisotopic (exact) mass is 444 g/mol. The van der Waals surface area contributed by atoms with Crippen LogP contribution in [0.15, 0.2) is 96.6 Å². The minimum atomic E-state index is -0.538. The van der Waals surface area contributed by atoms with E-state index in [9.17, 15) is 9.59 Å². The Balaban J connectivity index is 1.44. The molecule has 160 valence electrons. The molecular formula is C25H20N2O4S. The molecule has 1 aliphatic rings. The van der Waals surface area contributed by atoms with E-state index in [1.807, 2.05) is 60.7 Å². The summed E-state index contributed by atoms with van der Waals surface area (Å²) in [5.74, 6) is 0.282. The van der Waals surface area contributed by atoms with Crippen LogP contribution in [0.1, 0.15) is 5.56 Å². The zero-order valence-corrected chi connectivity index (χ0v) is 17.9. The highest BCUT2D eigenvalue weighted by Gasteiger charge is 2.34. The van der Waals surface area contributed by atoms with Crippen molar-refractivity contribution < 1.29 is 19.1 Å². The predicted molar refractivity (Wildman–Crippen MR) is 125 cm³/mol. The quantitative estimate of drug-likeness (QED) is 0.254. The summed E-state index contributed by atoms with van der Waals surface area (Å²) in [5, 5.41) is 2.59. The van der Waals surface area contributed by atoms with E-state index in [-0.39, 0.29) is 17.3 Å². The van der Waals surface area contributed by atoms with Crippen LogP contribution in [-0.2, 0) is 20.9 Å². The maximum Gasteiger partial charge on any atom is 0.269 e. The van der Waals surface area contributed by atoms with E-state index in [0.717, 1.165) is 5.56 Å². The molecule has 4 rings (SSSR count). The molecule has 0 unspecified atom stereocenters. The molecule has 1 saturated heterocycles. The molecule has 1 N–H and O–H groups in total. The van der Waals surface area contributed by atoms with Crippen LogP contribution in [0.5, 0.6) is 11.5 Å². The number of hydrogen-bond donors (Lipinski definition) is 1. The van der Waals surface area contributed by atoms with Gasteiger partial charge < -0.3 is 9.47 Å². The normalized spacial score (nSPS) is 15.1. The summed E-state index contributed by atoms with van der Waals surface area (Å²) in [7, 11) is 0. The third-order valence-corrected chi connectivity index (χ3v) is 4.98. The Morgan fingerprint density at radius 3 is 2.16 bits per heavy atom. The van der Waals surface area contributed by atoms with Gasteiger partial charge in [0.1, 0.15) is 17.1 Å². The maximum atomic E-state index is 13.0. The Kier molecular flexibility index (Phi) is 6.69. The lowest BCUT2D eigenvalue weighted by Crippen LogP contribution is -2.54. The van der Waals surface area contributed by atoms with Crippen molar-refractivity contribution in [1.82, 2.24) is 5.32 Å². The lowest BCUT2D eigenvalue weighted by Gasteiger charge is -2.29. The first-order valence-electron chi connectivity index (χ1n) is 9.96. The van der Waals surface area contributed by atoms with Gasteiger partial charge in [0.2, 0.25) is 0 Å². The second kappa shape index (κ2) is 10.00. The second-order valence-electron chi connectivity index (χ2n) is 6.93. The lowest BCUT2D eigenvalue weighted by atomic mass is 10.1. The number of carbonyl (C=O) groups excluding carboxylic acids is 2. The molecule has 0 aromatic heterocycles. The number of nitrogens with zero attached hydrogens (tertiary/aromatic N) is 1. The van der Waals surface area contributed by atoms with Crippen LogP contribution in [0.4, 0.5) is 5.69 Å². The zero-order chi connectivity index (χ0) is 22.3. The highest BCUT2D eigenvalue weighted by Crippen LogP contribution is 2.26. The molecule has 1 heterocycles. The van der Waals surface area contributed by atoms with Gasteiger partial charge in [-0.25, -0.2) is 0 Å². The second-order valence-corrected chi connectivity index (χ2v) is 7.31. The standard InChI is InChI=1S/C25H20N2O4S/c28-23-22(15-16-30-17-18-7-3-1-4-8-18)24(29)27(25(32)26-23)19-11-13-21(14-12-19)31-20-9-5-2-6-10-20/h1-15H,16-17H2,(H,26,28,32)/b22-15+. The van der Waals surface area contributed by atoms with Crippen molar-refractivity contribution in [3.8, 4) is 11.5 Å². The summed E-state index contributed by atoms with van der Waals surface area (Å²) in [4.78, 5) is 26.6. The van der Waals surface area contributed by atoms with Gasteiger partial charge in [0.15, 0.2) is 5.11 Å². The first-order chi connectivity index (χ1) is 15.6. The number of anilines is 1. The average molecular weight is 445 g/mol. The Labute approximate surface area is 191 Å². The summed E-state index contributed by atoms with van der Waals surface area (Å²) >= 11 is 5.24. The Hall–Kier alpha value is -3.81. The van der Waals surface area contributed by atoms with Crippen molar-refractivity contribution in [1.29, 1.82) is 0 Å². The molecule has 3 aromatic carbocycles. The van der Waals surface area contributed by atoms with Crippen molar-refractivity contribution in [2.45, 2.75) is 6.61 Å². The van der Waals surface area contributed by atoms with E-state index >= 15 is 0 Å². The van der Waals surface area contributed by atoms with Gasteiger partial charge in [-0.1, -0.05) is 48.5 Å². The van der Waals surface area contributed by atoms with Crippen LogP contribution in [0.25, 0.3) is 0 Å². The molecule has 7 heteroatoms. The highest BCUT2D eigenvalue weighted by atomic mass is 32.1. The van der Waals surface area contributed by atoms with E-state index in [4.69, 9.17) is 21.7 Å². The van der Waals surface area contributed by atoms with Gasteiger partial charge in [-0.3, -0.25) is 19.8 Å². The Bertz CT molecular complexity index is 1150. The van der Waals surface area contributed by atoms with Crippen LogP contribution in [0, 0.1) is 0 Å². The molecule has 0 bridgehead atoms. The summed E-state index contributed by atoms with van der Waals surface area (Å²) in [6, 6.07) is 25.9. The average Bonchev–Trinajstić information content (AvgIpc) is 2.81. The number of nitrogens with one attached hydrogen (secondary N) is 1. The molecule has 32 heavy (non-hydrogen) atoms. The fourth-order valence-electron chi connectivity index (χ4n) is 3.13. The number of carbonyl (C=O) groups is 2. The van der Waals surface area contributed by atoms with E-state index < -0.39 is 11.8 Å². The largest absolute Gasteiger partial charge is 0.457 e. The van der Waals surface area contributed by atoms with Gasteiger partial charge in [-0.2, -0.15) is 0 Å². The molecular weight excluding hydrogens is 424 g/mol. The molecule has 1 fully saturated rings. The minimum absolute atomic E-state index is 0.0173. The summed E-state index contributed by atoms with van der Waals surface area (Å²) < 4.78 is 11.4. The van der Waals surface area contributed by atoms with Gasteiger partial charge in [0.25, 0.3) is 11.8 Å². The molecule has 3 aromatic rings. The Morgan fingerprint density at radius 2 is 1.47 bits per heavy atom. The number of thiocarbonyl (C=S) groups is 1. The van der Waals surface area contributed by atoms with Gasteiger partial charge in [-0.15, -0.1) is 0 Å². The molecule has 1 aliphatic heterocycles. The Morgan fingerprint density at radius 1 is 0.844 bits per heavy atom. The number of para-hydroxylation sites is 1. The first-order valence-corrected chi connectivity index (χ1v) is 10.4. The summed E-state index contributed by atoms with van der Waals surface area (Å²) in [6.07, 6.45) is 1.47. The van der Waals surface area contributed by atoms with Crippen molar-refractivity contribution >= 4 is 34.8 Å². The van der Waals surface area contributed by atoms with Crippen molar-refractivity contribution in [3.05, 3.63) is 102 Å². The van der Waals surface area contributed by atoms with Crippen molar-refractivity contribution in [3.63, 3.8) is 0 Å². The van der Waals surface area contributed by atoms with Crippen LogP contribution < -0.4 is 15.0 Å². The number of amides is 2. The minimum Gasteiger partial charge on any atom is -0.457 e. The lowest BCUT2D eigenvalue weighted by molar-refractivity contribution is -0.122. The van der Waals surface area contributed by atoms with Gasteiger partial charge in [-0.05, 0) is 60.3 Å². The zero-order valence-electron chi connectivity index (χ0n) is 17.1. The van der Waals surface area contributed by atoms with Crippen molar-refractivity contribution in [2.24, 2.45) is 0 Å². The van der Waals surface area contributed by atoms with Crippen LogP contribution >= 0.6 is 12.2 Å². The topological polar surface area (TPSA) is 67.9 Å². The highest BCUT2D eigenvalue weighted by molar-refractivity contribution is 7.80. The molecule has 0 aliphatic carbocycles. The number of rotatable bonds is 7. The summed E-state index contributed by atoms with van der Waals surface area (Å²) in [6.45, 7) is 0.499. The van der Waals surface area contributed by atoms with Gasteiger partial charge in [0, 0.05) is 0 Å². The molecule has 0 saturated carbocycles. The van der Waals surface area contributed by atoms with Gasteiger partial charge >= 0.3 is 0 Å². The fraction of sp³-hybridized carbons (Fsp3) is 0.0800. The SMILES string of the molecule is O=C1NC(=S)N(c2ccc(Oc3ccccc3)cc2)C(=O)/C1=C/COCc1ccccc1. The number of ether oxygens (including phenoxy) is 2. The van der Waals surface area contributed by atoms with E-state index in [1.165, 1.54) is 11.0 Å². The molecule has 0 spiro atoms. The third-order valence-electron chi connectivity index (χ3n) is 4.69. The maximum absolute atomic E-state index is 13.0. The first kappa shape index (κ1) is 21.4. The number of hydrogen-bond acceptors (Lipinski definition) is 5. The van der Waals surface area contributed by atoms with Crippen molar-refractivity contribution in [2.75, 3.05) is 11.5 Å². The van der Waals surface area contributed by atoms with E-state index in [1.54, 1.807) is 24.3 Å². The van der Waals surface area contributed by atoms with Crippen LogP contribution in [0.2, 0.25) is 0 Å². The smallest absolute Gasteiger partial charge is 0.269 e. The molecule has 2 amide bonds. The predicted octanol–water partition coefficient (Wildman–Crippen LogP) is 4.37.